The van der Waals surface area contributed by atoms with Gasteiger partial charge in [0.2, 0.25) is 0 Å². The number of benzene rings is 2. The summed E-state index contributed by atoms with van der Waals surface area (Å²) in [5.41, 5.74) is 3.51. The maximum absolute atomic E-state index is 4.24. The Bertz CT molecular complexity index is 639. The van der Waals surface area contributed by atoms with Crippen LogP contribution in [0.15, 0.2) is 60.9 Å². The van der Waals surface area contributed by atoms with Gasteiger partial charge in [-0.3, -0.25) is 0 Å². The highest BCUT2D eigenvalue weighted by Crippen LogP contribution is 2.22. The maximum atomic E-state index is 4.24. The third-order valence-corrected chi connectivity index (χ3v) is 2.96. The molecule has 0 aliphatic heterocycles. The minimum Gasteiger partial charge on any atom is -0.249 e. The van der Waals surface area contributed by atoms with Gasteiger partial charge < -0.3 is 0 Å². The summed E-state index contributed by atoms with van der Waals surface area (Å²) in [4.78, 5) is 4.24. The molecule has 3 nitrogen and oxygen atoms in total. The molecule has 88 valence electrons. The molecule has 0 radical (unpaired) electrons. The third kappa shape index (κ3) is 1.91. The Kier molecular flexibility index (Phi) is 2.65. The maximum Gasteiger partial charge on any atom is 0.157 e. The quantitative estimate of drug-likeness (QED) is 0.683. The molecule has 1 aromatic heterocycles. The van der Waals surface area contributed by atoms with Crippen LogP contribution in [0.25, 0.3) is 22.5 Å². The van der Waals surface area contributed by atoms with Crippen molar-refractivity contribution in [3.05, 3.63) is 60.9 Å². The molecule has 0 spiro atoms. The zero-order valence-corrected chi connectivity index (χ0v) is 10.1. The van der Waals surface area contributed by atoms with E-state index in [0.29, 0.717) is 0 Å². The Hall–Kier alpha value is -2.42. The van der Waals surface area contributed by atoms with Gasteiger partial charge >= 0.3 is 0 Å². The van der Waals surface area contributed by atoms with Gasteiger partial charge in [0, 0.05) is 12.6 Å². The van der Waals surface area contributed by atoms with Crippen LogP contribution in [-0.2, 0) is 7.05 Å². The van der Waals surface area contributed by atoms with Gasteiger partial charge in [-0.15, -0.1) is 0 Å². The number of hydrogen-bond acceptors (Lipinski definition) is 2. The lowest BCUT2D eigenvalue weighted by Crippen LogP contribution is -1.94. The van der Waals surface area contributed by atoms with Crippen LogP contribution < -0.4 is 0 Å². The molecule has 0 saturated heterocycles. The van der Waals surface area contributed by atoms with Crippen molar-refractivity contribution in [3.8, 4) is 22.5 Å². The van der Waals surface area contributed by atoms with Crippen LogP contribution in [0.2, 0.25) is 0 Å². The van der Waals surface area contributed by atoms with Gasteiger partial charge in [-0.2, -0.15) is 5.10 Å². The normalized spacial score (nSPS) is 10.5. The number of hydrogen-bond donors (Lipinski definition) is 0. The first kappa shape index (κ1) is 10.7. The molecule has 0 saturated carbocycles. The average molecular weight is 235 g/mol. The molecule has 3 heteroatoms. The molecule has 0 aliphatic carbocycles. The lowest BCUT2D eigenvalue weighted by Gasteiger charge is -2.04. The first-order valence-electron chi connectivity index (χ1n) is 5.84. The van der Waals surface area contributed by atoms with E-state index in [0.717, 1.165) is 11.4 Å². The van der Waals surface area contributed by atoms with Crippen LogP contribution >= 0.6 is 0 Å². The summed E-state index contributed by atoms with van der Waals surface area (Å²) < 4.78 is 1.78. The fourth-order valence-corrected chi connectivity index (χ4v) is 2.00. The van der Waals surface area contributed by atoms with Crippen molar-refractivity contribution in [2.75, 3.05) is 0 Å². The molecule has 0 N–H and O–H groups in total. The Balaban J connectivity index is 1.97. The van der Waals surface area contributed by atoms with Gasteiger partial charge in [-0.25, -0.2) is 9.67 Å². The van der Waals surface area contributed by atoms with Crippen LogP contribution in [0, 0.1) is 0 Å². The van der Waals surface area contributed by atoms with Gasteiger partial charge in [-0.1, -0.05) is 54.6 Å². The number of aromatic nitrogens is 3. The van der Waals surface area contributed by atoms with Crippen molar-refractivity contribution in [2.24, 2.45) is 7.05 Å². The molecule has 3 rings (SSSR count). The average Bonchev–Trinajstić information content (AvgIpc) is 2.86. The van der Waals surface area contributed by atoms with Crippen LogP contribution in [0.4, 0.5) is 0 Å². The Morgan fingerprint density at radius 2 is 1.39 bits per heavy atom. The van der Waals surface area contributed by atoms with E-state index in [1.807, 2.05) is 25.2 Å². The molecule has 3 aromatic rings. The summed E-state index contributed by atoms with van der Waals surface area (Å²) in [7, 11) is 1.90. The lowest BCUT2D eigenvalue weighted by atomic mass is 10.0. The summed E-state index contributed by atoms with van der Waals surface area (Å²) in [6.07, 6.45) is 1.57. The van der Waals surface area contributed by atoms with E-state index in [-0.39, 0.29) is 0 Å². The number of rotatable bonds is 2. The van der Waals surface area contributed by atoms with Crippen molar-refractivity contribution in [1.82, 2.24) is 14.8 Å². The van der Waals surface area contributed by atoms with E-state index < -0.39 is 0 Å². The van der Waals surface area contributed by atoms with Gasteiger partial charge in [0.15, 0.2) is 5.82 Å². The fourth-order valence-electron chi connectivity index (χ4n) is 2.00. The first-order valence-corrected chi connectivity index (χ1v) is 5.84. The van der Waals surface area contributed by atoms with E-state index in [1.54, 1.807) is 11.0 Å². The topological polar surface area (TPSA) is 30.7 Å². The molecule has 1 heterocycles. The van der Waals surface area contributed by atoms with Crippen LogP contribution in [0.1, 0.15) is 0 Å². The Labute approximate surface area is 106 Å². The molecule has 0 aliphatic rings. The van der Waals surface area contributed by atoms with Gasteiger partial charge in [-0.05, 0) is 11.1 Å². The van der Waals surface area contributed by atoms with Crippen molar-refractivity contribution in [1.29, 1.82) is 0 Å². The second kappa shape index (κ2) is 4.45. The summed E-state index contributed by atoms with van der Waals surface area (Å²) in [5, 5.41) is 4.08. The summed E-state index contributed by atoms with van der Waals surface area (Å²) in [6.45, 7) is 0. The minimum atomic E-state index is 0.884. The first-order chi connectivity index (χ1) is 8.84. The summed E-state index contributed by atoms with van der Waals surface area (Å²) in [6, 6.07) is 18.7. The monoisotopic (exact) mass is 235 g/mol. The van der Waals surface area contributed by atoms with Crippen LogP contribution in [0.5, 0.6) is 0 Å². The number of nitrogens with zero attached hydrogens (tertiary/aromatic N) is 3. The van der Waals surface area contributed by atoms with E-state index in [2.05, 4.69) is 46.5 Å². The molecular weight excluding hydrogens is 222 g/mol. The SMILES string of the molecule is Cn1ncnc1-c1ccc(-c2ccccc2)cc1. The molecular formula is C15H13N3. The molecule has 2 aromatic carbocycles. The van der Waals surface area contributed by atoms with E-state index in [4.69, 9.17) is 0 Å². The fraction of sp³-hybridized carbons (Fsp3) is 0.0667. The zero-order chi connectivity index (χ0) is 12.4. The van der Waals surface area contributed by atoms with Crippen molar-refractivity contribution in [3.63, 3.8) is 0 Å². The Morgan fingerprint density at radius 3 is 2.00 bits per heavy atom. The van der Waals surface area contributed by atoms with Crippen molar-refractivity contribution < 1.29 is 0 Å². The minimum absolute atomic E-state index is 0.884. The predicted molar refractivity (Wildman–Crippen MR) is 71.9 cm³/mol. The molecule has 0 fully saturated rings. The van der Waals surface area contributed by atoms with Gasteiger partial charge in [0.05, 0.1) is 0 Å². The zero-order valence-electron chi connectivity index (χ0n) is 10.1. The molecule has 0 bridgehead atoms. The largest absolute Gasteiger partial charge is 0.249 e. The third-order valence-electron chi connectivity index (χ3n) is 2.96. The van der Waals surface area contributed by atoms with E-state index in [9.17, 15) is 0 Å². The highest BCUT2D eigenvalue weighted by molar-refractivity contribution is 5.67. The second-order valence-electron chi connectivity index (χ2n) is 4.15. The summed E-state index contributed by atoms with van der Waals surface area (Å²) >= 11 is 0. The molecule has 0 atom stereocenters. The van der Waals surface area contributed by atoms with E-state index in [1.165, 1.54) is 11.1 Å². The molecule has 0 unspecified atom stereocenters. The predicted octanol–water partition coefficient (Wildman–Crippen LogP) is 3.15. The highest BCUT2D eigenvalue weighted by atomic mass is 15.3. The van der Waals surface area contributed by atoms with Crippen molar-refractivity contribution >= 4 is 0 Å². The van der Waals surface area contributed by atoms with Gasteiger partial charge in [0.1, 0.15) is 6.33 Å². The summed E-state index contributed by atoms with van der Waals surface area (Å²) in [5.74, 6) is 0.884. The van der Waals surface area contributed by atoms with Crippen LogP contribution in [-0.4, -0.2) is 14.8 Å². The van der Waals surface area contributed by atoms with Crippen LogP contribution in [0.3, 0.4) is 0 Å². The smallest absolute Gasteiger partial charge is 0.157 e. The second-order valence-corrected chi connectivity index (χ2v) is 4.15. The Morgan fingerprint density at radius 1 is 0.778 bits per heavy atom. The lowest BCUT2D eigenvalue weighted by molar-refractivity contribution is 0.774. The standard InChI is InChI=1S/C15H13N3/c1-18-15(16-11-17-18)14-9-7-13(8-10-14)12-5-3-2-4-6-12/h2-11H,1H3. The molecule has 0 amide bonds. The van der Waals surface area contributed by atoms with E-state index >= 15 is 0 Å². The number of aryl methyl sites for hydroxylation is 1. The van der Waals surface area contributed by atoms with Crippen molar-refractivity contribution in [2.45, 2.75) is 0 Å². The highest BCUT2D eigenvalue weighted by Gasteiger charge is 2.04. The van der Waals surface area contributed by atoms with Gasteiger partial charge in [0.25, 0.3) is 0 Å². The molecule has 18 heavy (non-hydrogen) atoms.